The second-order valence-electron chi connectivity index (χ2n) is 2.64. The molecule has 17 heavy (non-hydrogen) atoms. The summed E-state index contributed by atoms with van der Waals surface area (Å²) < 4.78 is 47.7. The molecule has 1 unspecified atom stereocenters. The van der Waals surface area contributed by atoms with Gasteiger partial charge in [-0.1, -0.05) is 0 Å². The molecule has 90 valence electrons. The van der Waals surface area contributed by atoms with E-state index in [2.05, 4.69) is 4.18 Å². The van der Waals surface area contributed by atoms with E-state index in [0.29, 0.717) is 12.1 Å². The summed E-state index contributed by atoms with van der Waals surface area (Å²) in [4.78, 5) is 10.9. The van der Waals surface area contributed by atoms with Crippen LogP contribution in [0.2, 0.25) is 0 Å². The van der Waals surface area contributed by atoms with Crippen molar-refractivity contribution in [3.05, 3.63) is 29.3 Å². The van der Waals surface area contributed by atoms with Crippen LogP contribution >= 0.6 is 0 Å². The summed E-state index contributed by atoms with van der Waals surface area (Å²) in [6, 6.07) is 2.63. The van der Waals surface area contributed by atoms with Crippen molar-refractivity contribution in [3.63, 3.8) is 0 Å². The van der Waals surface area contributed by atoms with E-state index in [-0.39, 0.29) is 11.3 Å². The molecule has 0 aliphatic rings. The number of anilines is 1. The number of nitriles is 1. The third-order valence-electron chi connectivity index (χ3n) is 1.56. The molecule has 1 atom stereocenters. The van der Waals surface area contributed by atoms with Crippen molar-refractivity contribution in [2.75, 3.05) is 5.32 Å². The van der Waals surface area contributed by atoms with Crippen LogP contribution in [-0.4, -0.2) is 14.9 Å². The molecule has 0 saturated carbocycles. The maximum absolute atomic E-state index is 12.8. The van der Waals surface area contributed by atoms with Crippen molar-refractivity contribution in [1.82, 2.24) is 0 Å². The Labute approximate surface area is 96.3 Å². The van der Waals surface area contributed by atoms with Gasteiger partial charge in [0.15, 0.2) is 11.6 Å². The fourth-order valence-corrected chi connectivity index (χ4v) is 1.11. The van der Waals surface area contributed by atoms with E-state index < -0.39 is 29.1 Å². The number of carbonyl (C=O) groups is 1. The van der Waals surface area contributed by atoms with Gasteiger partial charge in [-0.3, -0.25) is 9.87 Å². The van der Waals surface area contributed by atoms with Crippen LogP contribution in [0.4, 0.5) is 19.3 Å². The van der Waals surface area contributed by atoms with Crippen molar-refractivity contribution in [2.24, 2.45) is 0 Å². The predicted molar refractivity (Wildman–Crippen MR) is 51.9 cm³/mol. The van der Waals surface area contributed by atoms with Gasteiger partial charge in [-0.15, -0.1) is 0 Å². The highest BCUT2D eigenvalue weighted by molar-refractivity contribution is 7.74. The molecular weight excluding hydrogens is 258 g/mol. The normalized spacial score (nSPS) is 11.4. The number of amides is 1. The summed E-state index contributed by atoms with van der Waals surface area (Å²) in [5.74, 6) is -2.55. The molecule has 1 rings (SSSR count). The van der Waals surface area contributed by atoms with Crippen molar-refractivity contribution in [3.8, 4) is 6.07 Å². The molecule has 1 aromatic rings. The van der Waals surface area contributed by atoms with E-state index in [9.17, 15) is 17.8 Å². The monoisotopic (exact) mass is 262 g/mol. The average Bonchev–Trinajstić information content (AvgIpc) is 2.21. The smallest absolute Gasteiger partial charge is 0.325 e. The van der Waals surface area contributed by atoms with Gasteiger partial charge in [0, 0.05) is 6.07 Å². The Morgan fingerprint density at radius 2 is 2.06 bits per heavy atom. The van der Waals surface area contributed by atoms with Gasteiger partial charge in [-0.2, -0.15) is 9.47 Å². The van der Waals surface area contributed by atoms with Crippen molar-refractivity contribution in [1.29, 1.82) is 5.26 Å². The molecule has 0 bridgehead atoms. The molecule has 0 radical (unpaired) electrons. The summed E-state index contributed by atoms with van der Waals surface area (Å²) in [5, 5.41) is 10.4. The summed E-state index contributed by atoms with van der Waals surface area (Å²) >= 11 is -2.85. The molecule has 2 N–H and O–H groups in total. The molecule has 0 aromatic heterocycles. The highest BCUT2D eigenvalue weighted by Crippen LogP contribution is 2.19. The number of nitrogens with one attached hydrogen (secondary N) is 1. The lowest BCUT2D eigenvalue weighted by Gasteiger charge is -2.05. The number of hydrogen-bond donors (Lipinski definition) is 2. The van der Waals surface area contributed by atoms with Crippen LogP contribution in [0.15, 0.2) is 12.1 Å². The largest absolute Gasteiger partial charge is 0.427 e. The molecule has 0 spiro atoms. The third kappa shape index (κ3) is 3.47. The number of halogens is 2. The Kier molecular flexibility index (Phi) is 4.08. The van der Waals surface area contributed by atoms with Crippen LogP contribution < -0.4 is 5.32 Å². The van der Waals surface area contributed by atoms with E-state index >= 15 is 0 Å². The number of rotatable bonds is 2. The minimum absolute atomic E-state index is 0.357. The SMILES string of the molecule is N#Cc1cc(F)c(F)cc1NC(=O)OS(=O)O. The van der Waals surface area contributed by atoms with Crippen molar-refractivity contribution in [2.45, 2.75) is 0 Å². The first kappa shape index (κ1) is 13.0. The number of nitrogens with zero attached hydrogens (tertiary/aromatic N) is 1. The van der Waals surface area contributed by atoms with Crippen LogP contribution in [0.5, 0.6) is 0 Å². The summed E-state index contributed by atoms with van der Waals surface area (Å²) in [6.45, 7) is 0. The maximum atomic E-state index is 12.8. The number of hydrogen-bond acceptors (Lipinski definition) is 4. The second kappa shape index (κ2) is 5.33. The molecule has 0 aliphatic heterocycles. The summed E-state index contributed by atoms with van der Waals surface area (Å²) in [6.07, 6.45) is -1.38. The zero-order valence-electron chi connectivity index (χ0n) is 7.94. The van der Waals surface area contributed by atoms with E-state index in [0.717, 1.165) is 0 Å². The van der Waals surface area contributed by atoms with E-state index in [1.54, 1.807) is 0 Å². The van der Waals surface area contributed by atoms with Crippen molar-refractivity contribution >= 4 is 23.1 Å². The molecule has 9 heteroatoms. The lowest BCUT2D eigenvalue weighted by Crippen LogP contribution is -2.15. The van der Waals surface area contributed by atoms with Crippen LogP contribution in [0, 0.1) is 23.0 Å². The first-order chi connectivity index (χ1) is 7.93. The Bertz CT molecular complexity index is 529. The van der Waals surface area contributed by atoms with Gasteiger partial charge in [0.25, 0.3) is 0 Å². The van der Waals surface area contributed by atoms with E-state index in [4.69, 9.17) is 9.81 Å². The standard InChI is InChI=1S/C8H4F2N2O4S/c9-5-1-4(3-11)7(2-6(5)10)12-8(13)16-17(14)15/h1-2H,(H,12,13)(H,14,15). The Morgan fingerprint density at radius 1 is 1.47 bits per heavy atom. The van der Waals surface area contributed by atoms with Gasteiger partial charge in [-0.05, 0) is 6.07 Å². The van der Waals surface area contributed by atoms with E-state index in [1.165, 1.54) is 6.07 Å². The molecule has 0 aliphatic carbocycles. The average molecular weight is 262 g/mol. The highest BCUT2D eigenvalue weighted by Gasteiger charge is 2.14. The maximum Gasteiger partial charge on any atom is 0.427 e. The Morgan fingerprint density at radius 3 is 2.59 bits per heavy atom. The zero-order valence-corrected chi connectivity index (χ0v) is 8.75. The lowest BCUT2D eigenvalue weighted by molar-refractivity contribution is 0.215. The fourth-order valence-electron chi connectivity index (χ4n) is 0.938. The molecule has 0 heterocycles. The van der Waals surface area contributed by atoms with Crippen LogP contribution in [0.1, 0.15) is 5.56 Å². The molecule has 0 saturated heterocycles. The first-order valence-corrected chi connectivity index (χ1v) is 4.96. The quantitative estimate of drug-likeness (QED) is 0.787. The second-order valence-corrected chi connectivity index (χ2v) is 3.24. The van der Waals surface area contributed by atoms with Gasteiger partial charge in [-0.25, -0.2) is 13.6 Å². The highest BCUT2D eigenvalue weighted by atomic mass is 32.2. The summed E-state index contributed by atoms with van der Waals surface area (Å²) in [5.41, 5.74) is -0.730. The Hall–Kier alpha value is -2.05. The first-order valence-electron chi connectivity index (χ1n) is 3.93. The Balaban J connectivity index is 2.99. The van der Waals surface area contributed by atoms with Crippen LogP contribution in [-0.2, 0) is 15.5 Å². The molecular formula is C8H4F2N2O4S. The van der Waals surface area contributed by atoms with Gasteiger partial charge in [0.1, 0.15) is 6.07 Å². The van der Waals surface area contributed by atoms with E-state index in [1.807, 2.05) is 5.32 Å². The molecule has 1 amide bonds. The topological polar surface area (TPSA) is 99.4 Å². The number of carbonyl (C=O) groups excluding carboxylic acids is 1. The van der Waals surface area contributed by atoms with Crippen LogP contribution in [0.25, 0.3) is 0 Å². The van der Waals surface area contributed by atoms with Gasteiger partial charge < -0.3 is 4.18 Å². The minimum Gasteiger partial charge on any atom is -0.325 e. The van der Waals surface area contributed by atoms with Gasteiger partial charge in [0.05, 0.1) is 11.3 Å². The van der Waals surface area contributed by atoms with Gasteiger partial charge >= 0.3 is 17.5 Å². The minimum atomic E-state index is -2.85. The lowest BCUT2D eigenvalue weighted by atomic mass is 10.2. The fraction of sp³-hybridized carbons (Fsp3) is 0. The van der Waals surface area contributed by atoms with Crippen molar-refractivity contribution < 1.29 is 26.5 Å². The molecule has 1 aromatic carbocycles. The number of benzene rings is 1. The van der Waals surface area contributed by atoms with Gasteiger partial charge in [0.2, 0.25) is 0 Å². The summed E-state index contributed by atoms with van der Waals surface area (Å²) in [7, 11) is 0. The molecule has 6 nitrogen and oxygen atoms in total. The predicted octanol–water partition coefficient (Wildman–Crippen LogP) is 1.52. The zero-order chi connectivity index (χ0) is 13.0. The van der Waals surface area contributed by atoms with Crippen LogP contribution in [0.3, 0.4) is 0 Å². The third-order valence-corrected chi connectivity index (χ3v) is 1.86. The molecule has 0 fully saturated rings.